The first-order valence-corrected chi connectivity index (χ1v) is 12.4. The highest BCUT2D eigenvalue weighted by atomic mass is 79.9. The van der Waals surface area contributed by atoms with Crippen molar-refractivity contribution in [2.45, 2.75) is 79.2 Å². The lowest BCUT2D eigenvalue weighted by Crippen LogP contribution is -2.31. The Balaban J connectivity index is 0. The number of allylic oxidation sites excluding steroid dienone is 5. The van der Waals surface area contributed by atoms with Crippen LogP contribution in [0.15, 0.2) is 66.2 Å². The Kier molecular flexibility index (Phi) is 22.2. The third-order valence-electron chi connectivity index (χ3n) is 4.36. The standard InChI is InChI=1S/C16H21BrN2O.C5H10.C4H8.C3H6/c1-11(20)19-14-6-4-3-5-12(9-14)15-10-13(17)7-8-16(15)18-2;1-3-5-4-2;1-3-4-2;1-3-2/h7-10,14,18H,3-6H2,1-2H3,(H,19,20);3,5H,4H2,1-2H3;3H,1,4H2,2H3;3H,1H2,2H3/b;5-3-;;. The summed E-state index contributed by atoms with van der Waals surface area (Å²) in [6.07, 6.45) is 16.7. The van der Waals surface area contributed by atoms with Gasteiger partial charge in [0, 0.05) is 35.7 Å². The number of rotatable bonds is 5. The van der Waals surface area contributed by atoms with Gasteiger partial charge in [-0.05, 0) is 69.7 Å². The molecule has 1 atom stereocenters. The van der Waals surface area contributed by atoms with Gasteiger partial charge in [0.25, 0.3) is 0 Å². The zero-order chi connectivity index (χ0) is 24.8. The Morgan fingerprint density at radius 1 is 1.19 bits per heavy atom. The molecule has 0 spiro atoms. The summed E-state index contributed by atoms with van der Waals surface area (Å²) in [5, 5.41) is 6.27. The maximum atomic E-state index is 11.3. The van der Waals surface area contributed by atoms with Gasteiger partial charge in [-0.3, -0.25) is 4.79 Å². The number of carbonyl (C=O) groups is 1. The molecule has 1 aliphatic rings. The minimum Gasteiger partial charge on any atom is -0.388 e. The van der Waals surface area contributed by atoms with Crippen molar-refractivity contribution in [3.8, 4) is 0 Å². The fourth-order valence-electron chi connectivity index (χ4n) is 2.92. The van der Waals surface area contributed by atoms with E-state index in [-0.39, 0.29) is 11.9 Å². The largest absolute Gasteiger partial charge is 0.388 e. The molecule has 0 heterocycles. The lowest BCUT2D eigenvalue weighted by Gasteiger charge is -2.15. The molecule has 2 N–H and O–H groups in total. The van der Waals surface area contributed by atoms with Crippen LogP contribution in [-0.4, -0.2) is 19.0 Å². The van der Waals surface area contributed by atoms with E-state index in [1.807, 2.05) is 33.0 Å². The first kappa shape index (κ1) is 32.1. The number of anilines is 1. The molecule has 1 aliphatic carbocycles. The zero-order valence-electron chi connectivity index (χ0n) is 21.1. The van der Waals surface area contributed by atoms with Crippen LogP contribution in [0.5, 0.6) is 0 Å². The van der Waals surface area contributed by atoms with E-state index in [9.17, 15) is 4.79 Å². The first-order chi connectivity index (χ1) is 15.3. The van der Waals surface area contributed by atoms with Gasteiger partial charge < -0.3 is 10.6 Å². The fraction of sp³-hybridized carbons (Fsp3) is 0.464. The Bertz CT molecular complexity index is 707. The van der Waals surface area contributed by atoms with Gasteiger partial charge in [0.2, 0.25) is 5.91 Å². The van der Waals surface area contributed by atoms with Crippen LogP contribution in [-0.2, 0) is 4.79 Å². The van der Waals surface area contributed by atoms with Crippen molar-refractivity contribution in [3.63, 3.8) is 0 Å². The number of hydrogen-bond acceptors (Lipinski definition) is 2. The molecule has 0 aromatic heterocycles. The number of benzene rings is 1. The van der Waals surface area contributed by atoms with Crippen LogP contribution in [0, 0.1) is 0 Å². The minimum atomic E-state index is 0.0376. The summed E-state index contributed by atoms with van der Waals surface area (Å²) in [7, 11) is 1.94. The maximum absolute atomic E-state index is 11.3. The molecular formula is C28H45BrN2O. The summed E-state index contributed by atoms with van der Waals surface area (Å²) in [5.41, 5.74) is 3.66. The average molecular weight is 506 g/mol. The fourth-order valence-corrected chi connectivity index (χ4v) is 3.29. The molecule has 1 aromatic rings. The molecule has 2 rings (SSSR count). The highest BCUT2D eigenvalue weighted by Gasteiger charge is 2.16. The SMILES string of the molecule is C/C=C\CC.C=CC.C=CCC.CNc1ccc(Br)cc1C1=CC(NC(C)=O)CCCC1. The topological polar surface area (TPSA) is 41.1 Å². The monoisotopic (exact) mass is 504 g/mol. The van der Waals surface area contributed by atoms with E-state index in [1.54, 1.807) is 13.0 Å². The Morgan fingerprint density at radius 3 is 2.25 bits per heavy atom. The van der Waals surface area contributed by atoms with Gasteiger partial charge in [0.1, 0.15) is 0 Å². The Labute approximate surface area is 206 Å². The molecular weight excluding hydrogens is 460 g/mol. The van der Waals surface area contributed by atoms with E-state index >= 15 is 0 Å². The highest BCUT2D eigenvalue weighted by molar-refractivity contribution is 9.10. The molecule has 1 unspecified atom stereocenters. The number of halogens is 1. The predicted molar refractivity (Wildman–Crippen MR) is 149 cm³/mol. The molecule has 1 amide bonds. The van der Waals surface area contributed by atoms with E-state index in [2.05, 4.69) is 83.9 Å². The van der Waals surface area contributed by atoms with E-state index in [4.69, 9.17) is 0 Å². The van der Waals surface area contributed by atoms with Gasteiger partial charge >= 0.3 is 0 Å². The molecule has 180 valence electrons. The van der Waals surface area contributed by atoms with Crippen molar-refractivity contribution in [1.82, 2.24) is 5.32 Å². The molecule has 32 heavy (non-hydrogen) atoms. The summed E-state index contributed by atoms with van der Waals surface area (Å²) in [4.78, 5) is 11.3. The second-order valence-electron chi connectivity index (χ2n) is 7.27. The van der Waals surface area contributed by atoms with Crippen molar-refractivity contribution in [1.29, 1.82) is 0 Å². The van der Waals surface area contributed by atoms with Crippen LogP contribution in [0.3, 0.4) is 0 Å². The van der Waals surface area contributed by atoms with Crippen molar-refractivity contribution >= 4 is 33.1 Å². The summed E-state index contributed by atoms with van der Waals surface area (Å²) in [5.74, 6) is 0.0376. The Morgan fingerprint density at radius 2 is 1.81 bits per heavy atom. The summed E-state index contributed by atoms with van der Waals surface area (Å²) in [6, 6.07) is 6.42. The van der Waals surface area contributed by atoms with Gasteiger partial charge in [-0.2, -0.15) is 0 Å². The summed E-state index contributed by atoms with van der Waals surface area (Å²) in [6.45, 7) is 16.5. The summed E-state index contributed by atoms with van der Waals surface area (Å²) >= 11 is 3.54. The third-order valence-corrected chi connectivity index (χ3v) is 4.85. The van der Waals surface area contributed by atoms with E-state index in [0.29, 0.717) is 0 Å². The lowest BCUT2D eigenvalue weighted by molar-refractivity contribution is -0.119. The Hall–Kier alpha value is -2.07. The van der Waals surface area contributed by atoms with Crippen LogP contribution >= 0.6 is 15.9 Å². The van der Waals surface area contributed by atoms with E-state index in [1.165, 1.54) is 11.1 Å². The number of amides is 1. The zero-order valence-corrected chi connectivity index (χ0v) is 22.7. The van der Waals surface area contributed by atoms with Gasteiger partial charge in [0.05, 0.1) is 0 Å². The number of nitrogens with one attached hydrogen (secondary N) is 2. The van der Waals surface area contributed by atoms with Gasteiger partial charge in [-0.25, -0.2) is 0 Å². The van der Waals surface area contributed by atoms with Crippen LogP contribution in [0.2, 0.25) is 0 Å². The van der Waals surface area contributed by atoms with Crippen LogP contribution in [0.1, 0.15) is 78.7 Å². The molecule has 0 bridgehead atoms. The van der Waals surface area contributed by atoms with Crippen LogP contribution < -0.4 is 10.6 Å². The molecule has 1 aromatic carbocycles. The van der Waals surface area contributed by atoms with Gasteiger partial charge in [0.15, 0.2) is 0 Å². The number of carbonyl (C=O) groups excluding carboxylic acids is 1. The van der Waals surface area contributed by atoms with Crippen LogP contribution in [0.25, 0.3) is 5.57 Å². The van der Waals surface area contributed by atoms with E-state index in [0.717, 1.165) is 48.7 Å². The van der Waals surface area contributed by atoms with E-state index < -0.39 is 0 Å². The second kappa shape index (κ2) is 22.1. The van der Waals surface area contributed by atoms with Crippen molar-refractivity contribution in [2.75, 3.05) is 12.4 Å². The smallest absolute Gasteiger partial charge is 0.217 e. The molecule has 3 nitrogen and oxygen atoms in total. The second-order valence-corrected chi connectivity index (χ2v) is 8.18. The maximum Gasteiger partial charge on any atom is 0.217 e. The number of hydrogen-bond donors (Lipinski definition) is 2. The van der Waals surface area contributed by atoms with Crippen molar-refractivity contribution < 1.29 is 4.79 Å². The quantitative estimate of drug-likeness (QED) is 0.393. The normalized spacial score (nSPS) is 14.6. The molecule has 0 aliphatic heterocycles. The highest BCUT2D eigenvalue weighted by Crippen LogP contribution is 2.33. The molecule has 0 saturated carbocycles. The van der Waals surface area contributed by atoms with Crippen molar-refractivity contribution in [2.24, 2.45) is 0 Å². The third kappa shape index (κ3) is 16.6. The van der Waals surface area contributed by atoms with Crippen molar-refractivity contribution in [3.05, 3.63) is 71.8 Å². The minimum absolute atomic E-state index is 0.0376. The van der Waals surface area contributed by atoms with Gasteiger partial charge in [-0.1, -0.05) is 66.6 Å². The average Bonchev–Trinajstić information content (AvgIpc) is 3.00. The molecule has 0 fully saturated rings. The predicted octanol–water partition coefficient (Wildman–Crippen LogP) is 8.70. The van der Waals surface area contributed by atoms with Gasteiger partial charge in [-0.15, -0.1) is 13.2 Å². The molecule has 0 saturated heterocycles. The molecule has 0 radical (unpaired) electrons. The summed E-state index contributed by atoms with van der Waals surface area (Å²) < 4.78 is 1.08. The van der Waals surface area contributed by atoms with Crippen LogP contribution in [0.4, 0.5) is 5.69 Å². The lowest BCUT2D eigenvalue weighted by atomic mass is 9.99. The molecule has 4 heteroatoms. The first-order valence-electron chi connectivity index (χ1n) is 11.6.